The highest BCUT2D eigenvalue weighted by molar-refractivity contribution is 5.42. The molecule has 20 heavy (non-hydrogen) atoms. The maximum atomic E-state index is 8.79. The van der Waals surface area contributed by atoms with Crippen LogP contribution in [0, 0.1) is 11.3 Å². The van der Waals surface area contributed by atoms with Crippen LogP contribution in [-0.2, 0) is 7.05 Å². The lowest BCUT2D eigenvalue weighted by molar-refractivity contribution is 0.472. The molecule has 0 radical (unpaired) electrons. The summed E-state index contributed by atoms with van der Waals surface area (Å²) >= 11 is 0. The third-order valence-electron chi connectivity index (χ3n) is 3.81. The summed E-state index contributed by atoms with van der Waals surface area (Å²) in [6.07, 6.45) is 5.48. The Balaban J connectivity index is 1.66. The van der Waals surface area contributed by atoms with E-state index < -0.39 is 0 Å². The lowest BCUT2D eigenvalue weighted by Crippen LogP contribution is -2.34. The van der Waals surface area contributed by atoms with Crippen LogP contribution in [-0.4, -0.2) is 32.8 Å². The molecule has 0 aromatic carbocycles. The van der Waals surface area contributed by atoms with Crippen molar-refractivity contribution >= 4 is 5.82 Å². The van der Waals surface area contributed by atoms with Gasteiger partial charge in [0.2, 0.25) is 0 Å². The van der Waals surface area contributed by atoms with Gasteiger partial charge in [-0.1, -0.05) is 0 Å². The zero-order valence-corrected chi connectivity index (χ0v) is 11.4. The Labute approximate surface area is 117 Å². The Hall–Kier alpha value is -2.42. The molecule has 1 aliphatic rings. The summed E-state index contributed by atoms with van der Waals surface area (Å²) in [5, 5.41) is 16.9. The number of nitrogens with zero attached hydrogens (tertiary/aromatic N) is 6. The van der Waals surface area contributed by atoms with E-state index in [9.17, 15) is 0 Å². The SMILES string of the molecule is Cn1cnnc1C1CCN(c2ccc(C#N)cn2)CC1. The summed E-state index contributed by atoms with van der Waals surface area (Å²) in [6, 6.07) is 5.82. The van der Waals surface area contributed by atoms with E-state index in [0.717, 1.165) is 37.6 Å². The molecule has 0 atom stereocenters. The predicted molar refractivity (Wildman–Crippen MR) is 74.1 cm³/mol. The van der Waals surface area contributed by atoms with Crippen LogP contribution in [0.3, 0.4) is 0 Å². The van der Waals surface area contributed by atoms with Gasteiger partial charge in [0.15, 0.2) is 0 Å². The van der Waals surface area contributed by atoms with E-state index in [1.165, 1.54) is 0 Å². The number of hydrogen-bond acceptors (Lipinski definition) is 5. The van der Waals surface area contributed by atoms with Crippen LogP contribution in [0.5, 0.6) is 0 Å². The summed E-state index contributed by atoms with van der Waals surface area (Å²) in [7, 11) is 1.99. The Morgan fingerprint density at radius 2 is 2.10 bits per heavy atom. The minimum Gasteiger partial charge on any atom is -0.357 e. The third kappa shape index (κ3) is 2.35. The fourth-order valence-corrected chi connectivity index (χ4v) is 2.67. The second kappa shape index (κ2) is 5.29. The highest BCUT2D eigenvalue weighted by Crippen LogP contribution is 2.28. The number of piperidine rings is 1. The molecule has 102 valence electrons. The lowest BCUT2D eigenvalue weighted by Gasteiger charge is -2.32. The van der Waals surface area contributed by atoms with Crippen molar-refractivity contribution in [3.8, 4) is 6.07 Å². The van der Waals surface area contributed by atoms with Crippen molar-refractivity contribution in [1.82, 2.24) is 19.7 Å². The number of hydrogen-bond donors (Lipinski definition) is 0. The Bertz CT molecular complexity index is 616. The topological polar surface area (TPSA) is 70.6 Å². The van der Waals surface area contributed by atoms with Crippen LogP contribution >= 0.6 is 0 Å². The van der Waals surface area contributed by atoms with Crippen LogP contribution < -0.4 is 4.90 Å². The summed E-state index contributed by atoms with van der Waals surface area (Å²) in [5.41, 5.74) is 0.600. The third-order valence-corrected chi connectivity index (χ3v) is 3.81. The lowest BCUT2D eigenvalue weighted by atomic mass is 9.96. The molecule has 1 fully saturated rings. The van der Waals surface area contributed by atoms with Crippen LogP contribution in [0.4, 0.5) is 5.82 Å². The van der Waals surface area contributed by atoms with Gasteiger partial charge in [-0.25, -0.2) is 4.98 Å². The molecule has 0 spiro atoms. The molecule has 0 saturated carbocycles. The zero-order valence-electron chi connectivity index (χ0n) is 11.4. The summed E-state index contributed by atoms with van der Waals surface area (Å²) in [5.74, 6) is 2.48. The van der Waals surface area contributed by atoms with E-state index in [-0.39, 0.29) is 0 Å². The van der Waals surface area contributed by atoms with E-state index in [4.69, 9.17) is 5.26 Å². The first-order valence-corrected chi connectivity index (χ1v) is 6.73. The van der Waals surface area contributed by atoms with Crippen LogP contribution in [0.15, 0.2) is 24.7 Å². The normalized spacial score (nSPS) is 16.1. The molecule has 6 nitrogen and oxygen atoms in total. The van der Waals surface area contributed by atoms with Gasteiger partial charge in [-0.15, -0.1) is 10.2 Å². The van der Waals surface area contributed by atoms with Gasteiger partial charge < -0.3 is 9.47 Å². The van der Waals surface area contributed by atoms with Gasteiger partial charge in [0.1, 0.15) is 24.0 Å². The Morgan fingerprint density at radius 1 is 1.30 bits per heavy atom. The largest absolute Gasteiger partial charge is 0.357 e. The standard InChI is InChI=1S/C14H16N6/c1-19-10-17-18-14(19)12-4-6-20(7-5-12)13-3-2-11(8-15)9-16-13/h2-3,9-10,12H,4-7H2,1H3. The van der Waals surface area contributed by atoms with Gasteiger partial charge in [-0.3, -0.25) is 0 Å². The molecule has 6 heteroatoms. The summed E-state index contributed by atoms with van der Waals surface area (Å²) < 4.78 is 2.00. The van der Waals surface area contributed by atoms with Gasteiger partial charge >= 0.3 is 0 Å². The average molecular weight is 268 g/mol. The van der Waals surface area contributed by atoms with Crippen molar-refractivity contribution < 1.29 is 0 Å². The molecule has 2 aromatic heterocycles. The first-order chi connectivity index (χ1) is 9.78. The van der Waals surface area contributed by atoms with Crippen molar-refractivity contribution in [2.24, 2.45) is 7.05 Å². The maximum absolute atomic E-state index is 8.79. The monoisotopic (exact) mass is 268 g/mol. The molecule has 3 rings (SSSR count). The number of aromatic nitrogens is 4. The molecule has 1 aliphatic heterocycles. The molecule has 0 aliphatic carbocycles. The van der Waals surface area contributed by atoms with E-state index in [2.05, 4.69) is 26.2 Å². The van der Waals surface area contributed by atoms with E-state index >= 15 is 0 Å². The van der Waals surface area contributed by atoms with Crippen molar-refractivity contribution in [3.63, 3.8) is 0 Å². The van der Waals surface area contributed by atoms with Gasteiger partial charge in [0.05, 0.1) is 5.56 Å². The minimum absolute atomic E-state index is 0.470. The summed E-state index contributed by atoms with van der Waals surface area (Å²) in [6.45, 7) is 1.91. The van der Waals surface area contributed by atoms with E-state index in [1.807, 2.05) is 23.7 Å². The van der Waals surface area contributed by atoms with Gasteiger partial charge in [-0.05, 0) is 25.0 Å². The Morgan fingerprint density at radius 3 is 2.65 bits per heavy atom. The van der Waals surface area contributed by atoms with Gasteiger partial charge in [0, 0.05) is 32.3 Å². The smallest absolute Gasteiger partial charge is 0.135 e. The summed E-state index contributed by atoms with van der Waals surface area (Å²) in [4.78, 5) is 6.61. The number of anilines is 1. The van der Waals surface area contributed by atoms with Crippen molar-refractivity contribution in [3.05, 3.63) is 36.0 Å². The number of nitriles is 1. The molecular formula is C14H16N6. The highest BCUT2D eigenvalue weighted by Gasteiger charge is 2.24. The average Bonchev–Trinajstić information content (AvgIpc) is 2.94. The quantitative estimate of drug-likeness (QED) is 0.824. The highest BCUT2D eigenvalue weighted by atomic mass is 15.3. The van der Waals surface area contributed by atoms with Crippen molar-refractivity contribution in [2.45, 2.75) is 18.8 Å². The van der Waals surface area contributed by atoms with E-state index in [0.29, 0.717) is 11.5 Å². The molecule has 1 saturated heterocycles. The molecule has 0 amide bonds. The van der Waals surface area contributed by atoms with Crippen LogP contribution in [0.2, 0.25) is 0 Å². The number of pyridine rings is 1. The van der Waals surface area contributed by atoms with E-state index in [1.54, 1.807) is 12.5 Å². The molecule has 0 N–H and O–H groups in total. The molecule has 0 unspecified atom stereocenters. The second-order valence-corrected chi connectivity index (χ2v) is 5.08. The fraction of sp³-hybridized carbons (Fsp3) is 0.429. The minimum atomic E-state index is 0.470. The van der Waals surface area contributed by atoms with Crippen LogP contribution in [0.1, 0.15) is 30.1 Å². The van der Waals surface area contributed by atoms with Gasteiger partial charge in [0.25, 0.3) is 0 Å². The van der Waals surface area contributed by atoms with Crippen molar-refractivity contribution in [1.29, 1.82) is 5.26 Å². The fourth-order valence-electron chi connectivity index (χ4n) is 2.67. The molecule has 2 aromatic rings. The first-order valence-electron chi connectivity index (χ1n) is 6.73. The molecule has 0 bridgehead atoms. The molecule has 3 heterocycles. The Kier molecular flexibility index (Phi) is 3.33. The second-order valence-electron chi connectivity index (χ2n) is 5.08. The first kappa shape index (κ1) is 12.6. The predicted octanol–water partition coefficient (Wildman–Crippen LogP) is 1.47. The number of aryl methyl sites for hydroxylation is 1. The number of rotatable bonds is 2. The zero-order chi connectivity index (χ0) is 13.9. The van der Waals surface area contributed by atoms with Gasteiger partial charge in [-0.2, -0.15) is 5.26 Å². The van der Waals surface area contributed by atoms with Crippen molar-refractivity contribution in [2.75, 3.05) is 18.0 Å². The molecular weight excluding hydrogens is 252 g/mol. The maximum Gasteiger partial charge on any atom is 0.135 e. The van der Waals surface area contributed by atoms with Crippen LogP contribution in [0.25, 0.3) is 0 Å².